The van der Waals surface area contributed by atoms with Crippen LogP contribution >= 0.6 is 0 Å². The lowest BCUT2D eigenvalue weighted by Gasteiger charge is -2.37. The van der Waals surface area contributed by atoms with Gasteiger partial charge in [-0.05, 0) is 32.6 Å². The molecule has 2 rings (SSSR count). The zero-order valence-corrected chi connectivity index (χ0v) is 9.32. The van der Waals surface area contributed by atoms with E-state index < -0.39 is 0 Å². The summed E-state index contributed by atoms with van der Waals surface area (Å²) in [6.07, 6.45) is 4.18. The lowest BCUT2D eigenvalue weighted by molar-refractivity contribution is -0.140. The maximum absolute atomic E-state index is 11.9. The molecule has 2 saturated heterocycles. The van der Waals surface area contributed by atoms with Crippen molar-refractivity contribution in [2.45, 2.75) is 50.7 Å². The number of ether oxygens (including phenoxy) is 1. The molecule has 2 bridgehead atoms. The largest absolute Gasteiger partial charge is 0.372 e. The van der Waals surface area contributed by atoms with Crippen LogP contribution in [0, 0.1) is 0 Å². The zero-order chi connectivity index (χ0) is 10.8. The number of fused-ring (bicyclic) bond motifs is 2. The van der Waals surface area contributed by atoms with Crippen molar-refractivity contribution < 1.29 is 9.53 Å². The van der Waals surface area contributed by atoms with Gasteiger partial charge in [0, 0.05) is 24.7 Å². The molecule has 2 aliphatic rings. The van der Waals surface area contributed by atoms with Gasteiger partial charge in [0.05, 0.1) is 0 Å². The van der Waals surface area contributed by atoms with E-state index in [0.717, 1.165) is 25.7 Å². The molecule has 2 heterocycles. The topological polar surface area (TPSA) is 55.6 Å². The number of nitrogens with zero attached hydrogens (tertiary/aromatic N) is 1. The van der Waals surface area contributed by atoms with Crippen LogP contribution in [0.15, 0.2) is 0 Å². The molecule has 0 aromatic heterocycles. The van der Waals surface area contributed by atoms with Gasteiger partial charge in [0.1, 0.15) is 6.61 Å². The number of carbonyl (C=O) groups excluding carboxylic acids is 1. The van der Waals surface area contributed by atoms with Gasteiger partial charge in [-0.15, -0.1) is 0 Å². The van der Waals surface area contributed by atoms with Crippen LogP contribution in [0.3, 0.4) is 0 Å². The summed E-state index contributed by atoms with van der Waals surface area (Å²) in [7, 11) is 0. The minimum atomic E-state index is 0.149. The minimum Gasteiger partial charge on any atom is -0.372 e. The molecule has 0 aliphatic carbocycles. The Morgan fingerprint density at radius 2 is 2.00 bits per heavy atom. The Bertz CT molecular complexity index is 231. The molecular formula is C11H20N2O2. The lowest BCUT2D eigenvalue weighted by atomic mass is 9.98. The first-order valence-corrected chi connectivity index (χ1v) is 5.86. The molecule has 0 radical (unpaired) electrons. The second-order valence-electron chi connectivity index (χ2n) is 4.55. The number of hydrogen-bond acceptors (Lipinski definition) is 3. The van der Waals surface area contributed by atoms with Crippen molar-refractivity contribution >= 4 is 5.91 Å². The lowest BCUT2D eigenvalue weighted by Crippen LogP contribution is -2.51. The number of nitrogens with two attached hydrogens (primary N) is 1. The Hall–Kier alpha value is -0.610. The van der Waals surface area contributed by atoms with Gasteiger partial charge in [-0.1, -0.05) is 0 Å². The van der Waals surface area contributed by atoms with Crippen molar-refractivity contribution in [3.8, 4) is 0 Å². The first kappa shape index (κ1) is 10.9. The van der Waals surface area contributed by atoms with Crippen molar-refractivity contribution in [1.82, 2.24) is 4.90 Å². The van der Waals surface area contributed by atoms with Gasteiger partial charge in [0.15, 0.2) is 0 Å². The van der Waals surface area contributed by atoms with Crippen LogP contribution in [0.25, 0.3) is 0 Å². The third kappa shape index (κ3) is 2.16. The number of hydrogen-bond donors (Lipinski definition) is 1. The smallest absolute Gasteiger partial charge is 0.249 e. The molecule has 0 saturated carbocycles. The van der Waals surface area contributed by atoms with Crippen LogP contribution in [-0.4, -0.2) is 42.1 Å². The number of piperidine rings is 1. The molecule has 2 fully saturated rings. The van der Waals surface area contributed by atoms with E-state index in [9.17, 15) is 4.79 Å². The average molecular weight is 212 g/mol. The molecule has 86 valence electrons. The average Bonchev–Trinajstić information content (AvgIpc) is 2.48. The highest BCUT2D eigenvalue weighted by Gasteiger charge is 2.41. The standard InChI is InChI=1S/C11H20N2O2/c1-2-15-7-11(14)13-9-3-4-10(13)6-8(12)5-9/h8-10H,2-7,12H2,1H3. The first-order chi connectivity index (χ1) is 7.22. The molecule has 15 heavy (non-hydrogen) atoms. The van der Waals surface area contributed by atoms with Crippen LogP contribution < -0.4 is 5.73 Å². The minimum absolute atomic E-state index is 0.149. The maximum atomic E-state index is 11.9. The predicted octanol–water partition coefficient (Wildman–Crippen LogP) is 0.504. The SMILES string of the molecule is CCOCC(=O)N1C2CCC1CC(N)C2. The van der Waals surface area contributed by atoms with E-state index in [1.807, 2.05) is 11.8 Å². The number of carbonyl (C=O) groups is 1. The van der Waals surface area contributed by atoms with E-state index in [0.29, 0.717) is 24.7 Å². The van der Waals surface area contributed by atoms with Crippen LogP contribution in [0.2, 0.25) is 0 Å². The number of amides is 1. The second kappa shape index (κ2) is 4.49. The molecule has 0 aromatic rings. The van der Waals surface area contributed by atoms with Crippen molar-refractivity contribution in [2.75, 3.05) is 13.2 Å². The Labute approximate surface area is 90.8 Å². The molecule has 2 N–H and O–H groups in total. The fourth-order valence-electron chi connectivity index (χ4n) is 2.89. The van der Waals surface area contributed by atoms with Crippen molar-refractivity contribution in [3.05, 3.63) is 0 Å². The summed E-state index contributed by atoms with van der Waals surface area (Å²) < 4.78 is 5.18. The Morgan fingerprint density at radius 3 is 2.53 bits per heavy atom. The van der Waals surface area contributed by atoms with Crippen LogP contribution in [-0.2, 0) is 9.53 Å². The normalized spacial score (nSPS) is 34.5. The summed E-state index contributed by atoms with van der Waals surface area (Å²) in [5.41, 5.74) is 5.95. The third-order valence-corrected chi connectivity index (χ3v) is 3.49. The van der Waals surface area contributed by atoms with Crippen LogP contribution in [0.1, 0.15) is 32.6 Å². The monoisotopic (exact) mass is 212 g/mol. The highest BCUT2D eigenvalue weighted by Crippen LogP contribution is 2.34. The molecule has 2 unspecified atom stereocenters. The molecule has 4 nitrogen and oxygen atoms in total. The highest BCUT2D eigenvalue weighted by atomic mass is 16.5. The number of rotatable bonds is 3. The molecule has 0 aromatic carbocycles. The van der Waals surface area contributed by atoms with Gasteiger partial charge in [-0.2, -0.15) is 0 Å². The molecule has 0 spiro atoms. The van der Waals surface area contributed by atoms with Gasteiger partial charge in [0.2, 0.25) is 5.91 Å². The van der Waals surface area contributed by atoms with Crippen LogP contribution in [0.5, 0.6) is 0 Å². The Morgan fingerprint density at radius 1 is 1.40 bits per heavy atom. The van der Waals surface area contributed by atoms with Gasteiger partial charge in [-0.3, -0.25) is 4.79 Å². The summed E-state index contributed by atoms with van der Waals surface area (Å²) in [4.78, 5) is 13.9. The van der Waals surface area contributed by atoms with Crippen molar-refractivity contribution in [1.29, 1.82) is 0 Å². The van der Waals surface area contributed by atoms with Crippen molar-refractivity contribution in [3.63, 3.8) is 0 Å². The van der Waals surface area contributed by atoms with E-state index in [2.05, 4.69) is 0 Å². The van der Waals surface area contributed by atoms with Gasteiger partial charge in [-0.25, -0.2) is 0 Å². The predicted molar refractivity (Wildman–Crippen MR) is 57.4 cm³/mol. The first-order valence-electron chi connectivity index (χ1n) is 5.86. The highest BCUT2D eigenvalue weighted by molar-refractivity contribution is 5.78. The van der Waals surface area contributed by atoms with E-state index in [1.165, 1.54) is 0 Å². The van der Waals surface area contributed by atoms with Gasteiger partial charge in [0.25, 0.3) is 0 Å². The Kier molecular flexibility index (Phi) is 3.26. The fourth-order valence-corrected chi connectivity index (χ4v) is 2.89. The summed E-state index contributed by atoms with van der Waals surface area (Å²) >= 11 is 0. The summed E-state index contributed by atoms with van der Waals surface area (Å²) in [5, 5.41) is 0. The van der Waals surface area contributed by atoms with E-state index in [1.54, 1.807) is 0 Å². The van der Waals surface area contributed by atoms with E-state index in [4.69, 9.17) is 10.5 Å². The fraction of sp³-hybridized carbons (Fsp3) is 0.909. The zero-order valence-electron chi connectivity index (χ0n) is 9.32. The van der Waals surface area contributed by atoms with Crippen molar-refractivity contribution in [2.24, 2.45) is 5.73 Å². The molecule has 2 atom stereocenters. The second-order valence-corrected chi connectivity index (χ2v) is 4.55. The summed E-state index contributed by atoms with van der Waals surface area (Å²) in [5.74, 6) is 0.149. The van der Waals surface area contributed by atoms with E-state index in [-0.39, 0.29) is 12.5 Å². The maximum Gasteiger partial charge on any atom is 0.249 e. The summed E-state index contributed by atoms with van der Waals surface area (Å²) in [6.45, 7) is 2.75. The molecular weight excluding hydrogens is 192 g/mol. The molecule has 1 amide bonds. The van der Waals surface area contributed by atoms with Crippen LogP contribution in [0.4, 0.5) is 0 Å². The quantitative estimate of drug-likeness (QED) is 0.741. The molecule has 2 aliphatic heterocycles. The van der Waals surface area contributed by atoms with Gasteiger partial charge >= 0.3 is 0 Å². The van der Waals surface area contributed by atoms with E-state index >= 15 is 0 Å². The molecule has 4 heteroatoms. The van der Waals surface area contributed by atoms with Gasteiger partial charge < -0.3 is 15.4 Å². The Balaban J connectivity index is 1.95. The summed E-state index contributed by atoms with van der Waals surface area (Å²) in [6, 6.07) is 1.05. The third-order valence-electron chi connectivity index (χ3n) is 3.49.